The van der Waals surface area contributed by atoms with E-state index in [4.69, 9.17) is 25.8 Å². The highest BCUT2D eigenvalue weighted by molar-refractivity contribution is 6.30. The summed E-state index contributed by atoms with van der Waals surface area (Å²) in [6.45, 7) is 7.02. The van der Waals surface area contributed by atoms with Crippen LogP contribution >= 0.6 is 11.6 Å². The average molecular weight is 370 g/mol. The van der Waals surface area contributed by atoms with Crippen LogP contribution in [-0.4, -0.2) is 48.0 Å². The SMILES string of the molecule is COC(=O)C1(Cc2cccc(Cl)c2)CO[C@@H](C)N1C(=O)OC(C)(C)C. The molecule has 0 aliphatic carbocycles. The van der Waals surface area contributed by atoms with Gasteiger partial charge in [-0.15, -0.1) is 0 Å². The van der Waals surface area contributed by atoms with E-state index in [1.54, 1.807) is 45.9 Å². The van der Waals surface area contributed by atoms with Crippen LogP contribution in [0.2, 0.25) is 5.02 Å². The van der Waals surface area contributed by atoms with Crippen molar-refractivity contribution < 1.29 is 23.8 Å². The number of halogens is 1. The fourth-order valence-electron chi connectivity index (χ4n) is 2.93. The Bertz CT molecular complexity index is 657. The zero-order valence-corrected chi connectivity index (χ0v) is 15.9. The van der Waals surface area contributed by atoms with Crippen LogP contribution in [0.1, 0.15) is 33.3 Å². The number of methoxy groups -OCH3 is 1. The normalized spacial score (nSPS) is 23.4. The first-order valence-electron chi connectivity index (χ1n) is 8.06. The second kappa shape index (κ2) is 7.22. The molecule has 2 atom stereocenters. The molecule has 0 saturated carbocycles. The van der Waals surface area contributed by atoms with E-state index >= 15 is 0 Å². The fourth-order valence-corrected chi connectivity index (χ4v) is 3.14. The van der Waals surface area contributed by atoms with Crippen molar-refractivity contribution in [3.05, 3.63) is 34.9 Å². The van der Waals surface area contributed by atoms with Gasteiger partial charge >= 0.3 is 12.1 Å². The van der Waals surface area contributed by atoms with E-state index in [1.165, 1.54) is 12.0 Å². The molecule has 1 amide bonds. The topological polar surface area (TPSA) is 65.1 Å². The second-order valence-electron chi connectivity index (χ2n) is 7.09. The lowest BCUT2D eigenvalue weighted by Crippen LogP contribution is -2.59. The second-order valence-corrected chi connectivity index (χ2v) is 7.53. The number of hydrogen-bond donors (Lipinski definition) is 0. The molecular formula is C18H24ClNO5. The van der Waals surface area contributed by atoms with E-state index in [9.17, 15) is 9.59 Å². The van der Waals surface area contributed by atoms with Gasteiger partial charge in [-0.25, -0.2) is 9.59 Å². The zero-order valence-electron chi connectivity index (χ0n) is 15.2. The van der Waals surface area contributed by atoms with Gasteiger partial charge in [-0.3, -0.25) is 4.90 Å². The molecule has 1 aliphatic heterocycles. The predicted octanol–water partition coefficient (Wildman–Crippen LogP) is 3.41. The van der Waals surface area contributed by atoms with Crippen LogP contribution in [0.15, 0.2) is 24.3 Å². The molecule has 1 saturated heterocycles. The molecule has 0 bridgehead atoms. The molecule has 0 spiro atoms. The van der Waals surface area contributed by atoms with Gasteiger partial charge in [0.1, 0.15) is 11.8 Å². The quantitative estimate of drug-likeness (QED) is 0.764. The zero-order chi connectivity index (χ0) is 18.8. The number of amides is 1. The number of esters is 1. The summed E-state index contributed by atoms with van der Waals surface area (Å²) >= 11 is 6.05. The Labute approximate surface area is 153 Å². The van der Waals surface area contributed by atoms with Crippen molar-refractivity contribution in [1.82, 2.24) is 4.90 Å². The summed E-state index contributed by atoms with van der Waals surface area (Å²) in [4.78, 5) is 26.7. The number of hydrogen-bond acceptors (Lipinski definition) is 5. The largest absolute Gasteiger partial charge is 0.467 e. The van der Waals surface area contributed by atoms with Crippen LogP contribution in [0.5, 0.6) is 0 Å². The Morgan fingerprint density at radius 3 is 2.64 bits per heavy atom. The van der Waals surface area contributed by atoms with Crippen molar-refractivity contribution in [2.24, 2.45) is 0 Å². The van der Waals surface area contributed by atoms with Crippen LogP contribution in [0.3, 0.4) is 0 Å². The minimum absolute atomic E-state index is 0.0204. The molecule has 0 aromatic heterocycles. The van der Waals surface area contributed by atoms with Crippen LogP contribution in [-0.2, 0) is 25.4 Å². The Morgan fingerprint density at radius 1 is 1.40 bits per heavy atom. The van der Waals surface area contributed by atoms with Crippen LogP contribution in [0.4, 0.5) is 4.79 Å². The van der Waals surface area contributed by atoms with Gasteiger partial charge in [-0.1, -0.05) is 23.7 Å². The van der Waals surface area contributed by atoms with E-state index in [0.29, 0.717) is 5.02 Å². The van der Waals surface area contributed by atoms with Gasteiger partial charge < -0.3 is 14.2 Å². The van der Waals surface area contributed by atoms with Gasteiger partial charge in [0.2, 0.25) is 0 Å². The maximum absolute atomic E-state index is 12.8. The van der Waals surface area contributed by atoms with Crippen molar-refractivity contribution in [1.29, 1.82) is 0 Å². The lowest BCUT2D eigenvalue weighted by Gasteiger charge is -2.36. The number of carbonyl (C=O) groups excluding carboxylic acids is 2. The lowest BCUT2D eigenvalue weighted by molar-refractivity contribution is -0.153. The van der Waals surface area contributed by atoms with Crippen molar-refractivity contribution in [2.75, 3.05) is 13.7 Å². The summed E-state index contributed by atoms with van der Waals surface area (Å²) < 4.78 is 16.1. The summed E-state index contributed by atoms with van der Waals surface area (Å²) in [5.41, 5.74) is -1.21. The summed E-state index contributed by atoms with van der Waals surface area (Å²) in [7, 11) is 1.29. The Balaban J connectivity index is 2.42. The van der Waals surface area contributed by atoms with E-state index in [2.05, 4.69) is 0 Å². The Kier molecular flexibility index (Phi) is 5.64. The van der Waals surface area contributed by atoms with Crippen molar-refractivity contribution in [3.8, 4) is 0 Å². The van der Waals surface area contributed by atoms with E-state index < -0.39 is 29.4 Å². The lowest BCUT2D eigenvalue weighted by atomic mass is 9.90. The van der Waals surface area contributed by atoms with Gasteiger partial charge in [0.25, 0.3) is 0 Å². The maximum Gasteiger partial charge on any atom is 0.413 e. The number of benzene rings is 1. The Hall–Kier alpha value is -1.79. The molecule has 0 N–H and O–H groups in total. The fraction of sp³-hybridized carbons (Fsp3) is 0.556. The first kappa shape index (κ1) is 19.5. The molecule has 0 radical (unpaired) electrons. The molecule has 1 heterocycles. The van der Waals surface area contributed by atoms with Crippen molar-refractivity contribution in [2.45, 2.75) is 51.5 Å². The number of carbonyl (C=O) groups is 2. The standard InChI is InChI=1S/C18H24ClNO5/c1-12-20(16(22)25-17(2,3)4)18(11-24-12,15(21)23-5)10-13-7-6-8-14(19)9-13/h6-9,12H,10-11H2,1-5H3/t12-,18?/m0/s1. The third kappa shape index (κ3) is 4.25. The van der Waals surface area contributed by atoms with Gasteiger partial charge in [0.05, 0.1) is 13.7 Å². The molecule has 1 aromatic carbocycles. The monoisotopic (exact) mass is 369 g/mol. The summed E-state index contributed by atoms with van der Waals surface area (Å²) in [5.74, 6) is -0.553. The third-order valence-electron chi connectivity index (χ3n) is 3.93. The molecule has 1 fully saturated rings. The first-order valence-corrected chi connectivity index (χ1v) is 8.43. The van der Waals surface area contributed by atoms with Crippen LogP contribution < -0.4 is 0 Å². The molecule has 1 unspecified atom stereocenters. The van der Waals surface area contributed by atoms with E-state index in [0.717, 1.165) is 5.56 Å². The molecule has 1 aromatic rings. The molecule has 7 heteroatoms. The van der Waals surface area contributed by atoms with Gasteiger partial charge in [-0.05, 0) is 45.4 Å². The van der Waals surface area contributed by atoms with Crippen molar-refractivity contribution in [3.63, 3.8) is 0 Å². The van der Waals surface area contributed by atoms with Gasteiger partial charge in [-0.2, -0.15) is 0 Å². The molecule has 2 rings (SSSR count). The summed E-state index contributed by atoms with van der Waals surface area (Å²) in [6.07, 6.45) is -1.03. The maximum atomic E-state index is 12.8. The average Bonchev–Trinajstić information content (AvgIpc) is 2.82. The van der Waals surface area contributed by atoms with Crippen LogP contribution in [0, 0.1) is 0 Å². The first-order chi connectivity index (χ1) is 11.6. The van der Waals surface area contributed by atoms with Gasteiger partial charge in [0, 0.05) is 11.4 Å². The highest BCUT2D eigenvalue weighted by Gasteiger charge is 2.56. The van der Waals surface area contributed by atoms with E-state index in [-0.39, 0.29) is 13.0 Å². The molecule has 25 heavy (non-hydrogen) atoms. The summed E-state index contributed by atoms with van der Waals surface area (Å²) in [6, 6.07) is 7.13. The third-order valence-corrected chi connectivity index (χ3v) is 4.16. The molecule has 138 valence electrons. The number of rotatable bonds is 3. The summed E-state index contributed by atoms with van der Waals surface area (Å²) in [5, 5.41) is 0.549. The highest BCUT2D eigenvalue weighted by atomic mass is 35.5. The number of nitrogens with zero attached hydrogens (tertiary/aromatic N) is 1. The minimum Gasteiger partial charge on any atom is -0.467 e. The molecule has 1 aliphatic rings. The minimum atomic E-state index is -1.30. The molecular weight excluding hydrogens is 346 g/mol. The van der Waals surface area contributed by atoms with Crippen molar-refractivity contribution >= 4 is 23.7 Å². The van der Waals surface area contributed by atoms with Gasteiger partial charge in [0.15, 0.2) is 5.54 Å². The smallest absolute Gasteiger partial charge is 0.413 e. The Morgan fingerprint density at radius 2 is 2.08 bits per heavy atom. The number of ether oxygens (including phenoxy) is 3. The molecule has 6 nitrogen and oxygen atoms in total. The highest BCUT2D eigenvalue weighted by Crippen LogP contribution is 2.34. The van der Waals surface area contributed by atoms with Crippen LogP contribution in [0.25, 0.3) is 0 Å². The predicted molar refractivity (Wildman–Crippen MR) is 93.4 cm³/mol. The van der Waals surface area contributed by atoms with E-state index in [1.807, 2.05) is 6.07 Å².